The minimum atomic E-state index is -0.556. The molecule has 0 aromatic heterocycles. The maximum absolute atomic E-state index is 12.5. The van der Waals surface area contributed by atoms with Crippen molar-refractivity contribution < 1.29 is 9.90 Å². The first-order valence-corrected chi connectivity index (χ1v) is 12.5. The molecule has 4 saturated carbocycles. The van der Waals surface area contributed by atoms with E-state index < -0.39 is 5.60 Å². The van der Waals surface area contributed by atoms with Crippen LogP contribution < -0.4 is 10.6 Å². The van der Waals surface area contributed by atoms with Crippen molar-refractivity contribution in [3.8, 4) is 0 Å². The Kier molecular flexibility index (Phi) is 6.07. The zero-order valence-corrected chi connectivity index (χ0v) is 19.1. The molecule has 0 unspecified atom stereocenters. The van der Waals surface area contributed by atoms with Gasteiger partial charge in [-0.15, -0.1) is 0 Å². The summed E-state index contributed by atoms with van der Waals surface area (Å²) in [7, 11) is 0. The molecule has 0 aromatic carbocycles. The first-order valence-electron chi connectivity index (χ1n) is 12.5. The van der Waals surface area contributed by atoms with Crippen molar-refractivity contribution in [3.63, 3.8) is 0 Å². The lowest BCUT2D eigenvalue weighted by Crippen LogP contribution is -2.52. The summed E-state index contributed by atoms with van der Waals surface area (Å²) < 4.78 is 0. The summed E-state index contributed by atoms with van der Waals surface area (Å²) in [6.45, 7) is 7.97. The fraction of sp³-hybridized carbons (Fsp3) is 0.960. The molecular weight excluding hydrogens is 360 g/mol. The van der Waals surface area contributed by atoms with Crippen molar-refractivity contribution in [2.75, 3.05) is 6.54 Å². The summed E-state index contributed by atoms with van der Waals surface area (Å²) >= 11 is 0. The Labute approximate surface area is 178 Å². The third-order valence-corrected chi connectivity index (χ3v) is 8.97. The summed E-state index contributed by atoms with van der Waals surface area (Å²) in [5, 5.41) is 18.1. The second-order valence-electron chi connectivity index (χ2n) is 12.0. The molecule has 4 heteroatoms. The van der Waals surface area contributed by atoms with Gasteiger partial charge in [-0.1, -0.05) is 33.1 Å². The normalized spacial score (nSPS) is 39.9. The van der Waals surface area contributed by atoms with Gasteiger partial charge in [-0.05, 0) is 93.9 Å². The Morgan fingerprint density at radius 3 is 2.41 bits per heavy atom. The van der Waals surface area contributed by atoms with E-state index in [2.05, 4.69) is 24.5 Å². The fourth-order valence-corrected chi connectivity index (χ4v) is 7.09. The number of amides is 1. The highest BCUT2D eigenvalue weighted by molar-refractivity contribution is 5.76. The van der Waals surface area contributed by atoms with Gasteiger partial charge in [-0.2, -0.15) is 0 Å². The van der Waals surface area contributed by atoms with Crippen molar-refractivity contribution in [1.29, 1.82) is 0 Å². The lowest BCUT2D eigenvalue weighted by molar-refractivity contribution is -0.123. The summed E-state index contributed by atoms with van der Waals surface area (Å²) in [6, 6.07) is 0.928. The van der Waals surface area contributed by atoms with Gasteiger partial charge >= 0.3 is 0 Å². The molecule has 4 nitrogen and oxygen atoms in total. The third kappa shape index (κ3) is 4.84. The maximum atomic E-state index is 12.5. The van der Waals surface area contributed by atoms with E-state index in [0.717, 1.165) is 51.0 Å². The highest BCUT2D eigenvalue weighted by atomic mass is 16.3. The van der Waals surface area contributed by atoms with Crippen LogP contribution in [0.2, 0.25) is 0 Å². The molecule has 0 radical (unpaired) electrons. The Morgan fingerprint density at radius 2 is 1.72 bits per heavy atom. The van der Waals surface area contributed by atoms with Crippen LogP contribution in [0.1, 0.15) is 104 Å². The van der Waals surface area contributed by atoms with E-state index >= 15 is 0 Å². The lowest BCUT2D eigenvalue weighted by atomic mass is 9.57. The van der Waals surface area contributed by atoms with Crippen LogP contribution in [0.15, 0.2) is 0 Å². The quantitative estimate of drug-likeness (QED) is 0.583. The fourth-order valence-electron chi connectivity index (χ4n) is 7.09. The summed E-state index contributed by atoms with van der Waals surface area (Å²) in [5.74, 6) is 1.55. The van der Waals surface area contributed by atoms with Gasteiger partial charge in [-0.25, -0.2) is 0 Å². The molecule has 4 aliphatic rings. The minimum absolute atomic E-state index is 0.154. The highest BCUT2D eigenvalue weighted by Crippen LogP contribution is 2.63. The molecular formula is C25H44N2O2. The Balaban J connectivity index is 1.48. The SMILES string of the molecule is CC1(C)C[C@H](NCC2CCCCC2)[C@@]2(CCC(=O)NC3CC3)CC[C@](C)(O)C[C@@H]12. The summed E-state index contributed by atoms with van der Waals surface area (Å²) in [4.78, 5) is 12.5. The number of hydrogen-bond acceptors (Lipinski definition) is 3. The number of rotatable bonds is 7. The van der Waals surface area contributed by atoms with E-state index in [1.807, 2.05) is 6.92 Å². The Morgan fingerprint density at radius 1 is 1.00 bits per heavy atom. The number of hydrogen-bond donors (Lipinski definition) is 3. The van der Waals surface area contributed by atoms with Crippen LogP contribution in [0.25, 0.3) is 0 Å². The average molecular weight is 405 g/mol. The molecule has 1 amide bonds. The topological polar surface area (TPSA) is 61.4 Å². The standard InChI is InChI=1S/C25H44N2O2/c1-23(2)16-21(26-17-18-7-5-4-6-8-18)25(12-11-22(28)27-19-9-10-19)14-13-24(3,29)15-20(23)25/h18-21,26,29H,4-17H2,1-3H3,(H,27,28)/t20-,21-,24-,25-/m0/s1. The van der Waals surface area contributed by atoms with Crippen molar-refractivity contribution in [2.45, 2.75) is 122 Å². The van der Waals surface area contributed by atoms with Crippen LogP contribution in [0.4, 0.5) is 0 Å². The van der Waals surface area contributed by atoms with Gasteiger partial charge in [0.1, 0.15) is 0 Å². The number of carbonyl (C=O) groups is 1. The molecule has 4 aliphatic carbocycles. The van der Waals surface area contributed by atoms with Crippen molar-refractivity contribution >= 4 is 5.91 Å². The van der Waals surface area contributed by atoms with Gasteiger partial charge in [0.05, 0.1) is 5.60 Å². The third-order valence-electron chi connectivity index (χ3n) is 8.97. The number of fused-ring (bicyclic) bond motifs is 1. The van der Waals surface area contributed by atoms with E-state index in [4.69, 9.17) is 0 Å². The van der Waals surface area contributed by atoms with E-state index in [1.165, 1.54) is 38.5 Å². The van der Waals surface area contributed by atoms with Gasteiger partial charge in [0.15, 0.2) is 0 Å². The van der Waals surface area contributed by atoms with Gasteiger partial charge in [-0.3, -0.25) is 4.79 Å². The van der Waals surface area contributed by atoms with E-state index in [1.54, 1.807) is 0 Å². The first kappa shape index (κ1) is 21.6. The van der Waals surface area contributed by atoms with Crippen LogP contribution >= 0.6 is 0 Å². The van der Waals surface area contributed by atoms with E-state index in [-0.39, 0.29) is 16.7 Å². The maximum Gasteiger partial charge on any atom is 0.220 e. The van der Waals surface area contributed by atoms with Gasteiger partial charge < -0.3 is 15.7 Å². The monoisotopic (exact) mass is 404 g/mol. The molecule has 4 rings (SSSR count). The van der Waals surface area contributed by atoms with Crippen LogP contribution in [-0.2, 0) is 4.79 Å². The summed E-state index contributed by atoms with van der Waals surface area (Å²) in [5.41, 5.74) is -0.192. The molecule has 3 N–H and O–H groups in total. The van der Waals surface area contributed by atoms with Crippen LogP contribution in [0.3, 0.4) is 0 Å². The smallest absolute Gasteiger partial charge is 0.220 e. The molecule has 0 spiro atoms. The van der Waals surface area contributed by atoms with Crippen LogP contribution in [0, 0.1) is 22.7 Å². The van der Waals surface area contributed by atoms with Gasteiger partial charge in [0.2, 0.25) is 5.91 Å². The summed E-state index contributed by atoms with van der Waals surface area (Å²) in [6.07, 6.45) is 14.8. The predicted octanol–water partition coefficient (Wildman–Crippen LogP) is 4.55. The second kappa shape index (κ2) is 8.15. The molecule has 4 atom stereocenters. The van der Waals surface area contributed by atoms with E-state index in [0.29, 0.717) is 24.4 Å². The first-order chi connectivity index (χ1) is 13.7. The molecule has 0 aliphatic heterocycles. The molecule has 4 fully saturated rings. The lowest BCUT2D eigenvalue weighted by Gasteiger charge is -2.51. The number of nitrogens with one attached hydrogen (secondary N) is 2. The molecule has 29 heavy (non-hydrogen) atoms. The van der Waals surface area contributed by atoms with Crippen molar-refractivity contribution in [3.05, 3.63) is 0 Å². The van der Waals surface area contributed by atoms with Crippen LogP contribution in [0.5, 0.6) is 0 Å². The molecule has 166 valence electrons. The van der Waals surface area contributed by atoms with Gasteiger partial charge in [0, 0.05) is 18.5 Å². The molecule has 0 bridgehead atoms. The Hall–Kier alpha value is -0.610. The van der Waals surface area contributed by atoms with Crippen LogP contribution in [-0.4, -0.2) is 35.2 Å². The molecule has 0 heterocycles. The van der Waals surface area contributed by atoms with Gasteiger partial charge in [0.25, 0.3) is 0 Å². The largest absolute Gasteiger partial charge is 0.390 e. The highest BCUT2D eigenvalue weighted by Gasteiger charge is 2.61. The molecule has 0 aromatic rings. The van der Waals surface area contributed by atoms with E-state index in [9.17, 15) is 9.90 Å². The average Bonchev–Trinajstić information content (AvgIpc) is 3.45. The van der Waals surface area contributed by atoms with Crippen molar-refractivity contribution in [1.82, 2.24) is 10.6 Å². The predicted molar refractivity (Wildman–Crippen MR) is 118 cm³/mol. The zero-order chi connectivity index (χ0) is 20.7. The zero-order valence-electron chi connectivity index (χ0n) is 19.1. The van der Waals surface area contributed by atoms with Crippen molar-refractivity contribution in [2.24, 2.45) is 22.7 Å². The number of aliphatic hydroxyl groups is 1. The number of carbonyl (C=O) groups excluding carboxylic acids is 1. The second-order valence-corrected chi connectivity index (χ2v) is 12.0. The Bertz CT molecular complexity index is 592. The molecule has 0 saturated heterocycles. The minimum Gasteiger partial charge on any atom is -0.390 e.